The van der Waals surface area contributed by atoms with Gasteiger partial charge in [0.05, 0.1) is 19.3 Å². The van der Waals surface area contributed by atoms with Gasteiger partial charge in [0.25, 0.3) is 0 Å². The summed E-state index contributed by atoms with van der Waals surface area (Å²) in [5, 5.41) is 0. The monoisotopic (exact) mass is 236 g/mol. The van der Waals surface area contributed by atoms with Gasteiger partial charge in [-0.25, -0.2) is 0 Å². The third kappa shape index (κ3) is 4.86. The Morgan fingerprint density at radius 1 is 1.29 bits per heavy atom. The van der Waals surface area contributed by atoms with Crippen LogP contribution in [0.5, 0.6) is 0 Å². The van der Waals surface area contributed by atoms with Gasteiger partial charge in [0.1, 0.15) is 6.10 Å². The summed E-state index contributed by atoms with van der Waals surface area (Å²) in [6.45, 7) is 5.08. The molecular weight excluding hydrogens is 216 g/mol. The fourth-order valence-corrected chi connectivity index (χ4v) is 1.63. The van der Waals surface area contributed by atoms with E-state index in [0.717, 1.165) is 26.2 Å². The Balaban J connectivity index is 1.46. The lowest BCUT2D eigenvalue weighted by atomic mass is 10.2. The maximum Gasteiger partial charge on any atom is 0.107 e. The first kappa shape index (κ1) is 12.6. The second-order valence-electron chi connectivity index (χ2n) is 4.34. The van der Waals surface area contributed by atoms with Gasteiger partial charge in [-0.2, -0.15) is 0 Å². The van der Waals surface area contributed by atoms with Crippen molar-refractivity contribution in [1.82, 2.24) is 0 Å². The average Bonchev–Trinajstić information content (AvgIpc) is 3.19. The Hall–Kier alpha value is -0.900. The molecule has 1 aromatic rings. The molecule has 1 aliphatic heterocycles. The van der Waals surface area contributed by atoms with Crippen molar-refractivity contribution in [2.75, 3.05) is 19.8 Å². The highest BCUT2D eigenvalue weighted by molar-refractivity contribution is 5.13. The second kappa shape index (κ2) is 6.74. The predicted octanol–water partition coefficient (Wildman–Crippen LogP) is 2.40. The van der Waals surface area contributed by atoms with Gasteiger partial charge in [-0.15, -0.1) is 0 Å². The van der Waals surface area contributed by atoms with Crippen molar-refractivity contribution in [2.24, 2.45) is 0 Å². The largest absolute Gasteiger partial charge is 0.377 e. The molecule has 0 radical (unpaired) electrons. The average molecular weight is 236 g/mol. The van der Waals surface area contributed by atoms with Gasteiger partial charge >= 0.3 is 0 Å². The summed E-state index contributed by atoms with van der Waals surface area (Å²) in [4.78, 5) is 0. The third-order valence-electron chi connectivity index (χ3n) is 2.81. The van der Waals surface area contributed by atoms with Crippen LogP contribution in [-0.4, -0.2) is 32.0 Å². The quantitative estimate of drug-likeness (QED) is 0.513. The van der Waals surface area contributed by atoms with Crippen LogP contribution in [-0.2, 0) is 20.8 Å². The van der Waals surface area contributed by atoms with Gasteiger partial charge in [0, 0.05) is 13.2 Å². The van der Waals surface area contributed by atoms with Crippen molar-refractivity contribution in [1.29, 1.82) is 0 Å². The molecule has 0 aromatic heterocycles. The molecule has 17 heavy (non-hydrogen) atoms. The van der Waals surface area contributed by atoms with Crippen LogP contribution < -0.4 is 0 Å². The van der Waals surface area contributed by atoms with Crippen LogP contribution in [0.1, 0.15) is 18.9 Å². The standard InChI is InChI=1S/C14H20O3/c1-12(14-11-17-14)16-9-5-8-15-10-13-6-3-2-4-7-13/h2-4,6-7,12,14H,5,8-11H2,1H3/t12-,14-/m0/s1. The Kier molecular flexibility index (Phi) is 4.98. The summed E-state index contributed by atoms with van der Waals surface area (Å²) in [7, 11) is 0. The lowest BCUT2D eigenvalue weighted by Gasteiger charge is -2.10. The molecule has 0 amide bonds. The molecule has 0 N–H and O–H groups in total. The minimum atomic E-state index is 0.226. The molecule has 0 aliphatic carbocycles. The highest BCUT2D eigenvalue weighted by Gasteiger charge is 2.29. The summed E-state index contributed by atoms with van der Waals surface area (Å²) >= 11 is 0. The Morgan fingerprint density at radius 2 is 2.06 bits per heavy atom. The maximum atomic E-state index is 5.61. The predicted molar refractivity (Wildman–Crippen MR) is 65.9 cm³/mol. The van der Waals surface area contributed by atoms with Gasteiger partial charge < -0.3 is 14.2 Å². The van der Waals surface area contributed by atoms with E-state index in [9.17, 15) is 0 Å². The van der Waals surface area contributed by atoms with E-state index in [1.165, 1.54) is 5.56 Å². The molecule has 94 valence electrons. The second-order valence-corrected chi connectivity index (χ2v) is 4.34. The number of hydrogen-bond acceptors (Lipinski definition) is 3. The van der Waals surface area contributed by atoms with Crippen LogP contribution in [0.25, 0.3) is 0 Å². The van der Waals surface area contributed by atoms with Crippen molar-refractivity contribution in [3.05, 3.63) is 35.9 Å². The van der Waals surface area contributed by atoms with Crippen molar-refractivity contribution in [2.45, 2.75) is 32.2 Å². The van der Waals surface area contributed by atoms with E-state index in [-0.39, 0.29) is 6.10 Å². The molecule has 1 aliphatic rings. The van der Waals surface area contributed by atoms with Crippen molar-refractivity contribution < 1.29 is 14.2 Å². The van der Waals surface area contributed by atoms with Crippen molar-refractivity contribution in [3.8, 4) is 0 Å². The smallest absolute Gasteiger partial charge is 0.107 e. The molecule has 1 saturated heterocycles. The van der Waals surface area contributed by atoms with E-state index < -0.39 is 0 Å². The molecule has 3 nitrogen and oxygen atoms in total. The number of hydrogen-bond donors (Lipinski definition) is 0. The van der Waals surface area contributed by atoms with Gasteiger partial charge in [-0.3, -0.25) is 0 Å². The molecule has 2 rings (SSSR count). The van der Waals surface area contributed by atoms with Crippen molar-refractivity contribution in [3.63, 3.8) is 0 Å². The van der Waals surface area contributed by atoms with E-state index in [0.29, 0.717) is 12.7 Å². The highest BCUT2D eigenvalue weighted by Crippen LogP contribution is 2.16. The molecule has 1 fully saturated rings. The van der Waals surface area contributed by atoms with E-state index in [1.807, 2.05) is 18.2 Å². The summed E-state index contributed by atoms with van der Waals surface area (Å²) in [6, 6.07) is 10.2. The minimum absolute atomic E-state index is 0.226. The first-order chi connectivity index (χ1) is 8.36. The van der Waals surface area contributed by atoms with E-state index in [4.69, 9.17) is 14.2 Å². The normalized spacial score (nSPS) is 20.2. The Morgan fingerprint density at radius 3 is 2.76 bits per heavy atom. The lowest BCUT2D eigenvalue weighted by molar-refractivity contribution is 0.0258. The number of ether oxygens (including phenoxy) is 3. The van der Waals surface area contributed by atoms with Crippen LogP contribution >= 0.6 is 0 Å². The van der Waals surface area contributed by atoms with Gasteiger partial charge in [0.2, 0.25) is 0 Å². The van der Waals surface area contributed by atoms with Crippen LogP contribution in [0.2, 0.25) is 0 Å². The van der Waals surface area contributed by atoms with E-state index in [2.05, 4.69) is 19.1 Å². The topological polar surface area (TPSA) is 31.0 Å². The molecule has 2 atom stereocenters. The van der Waals surface area contributed by atoms with Gasteiger partial charge in [-0.05, 0) is 18.9 Å². The number of benzene rings is 1. The van der Waals surface area contributed by atoms with E-state index in [1.54, 1.807) is 0 Å². The zero-order chi connectivity index (χ0) is 11.9. The van der Waals surface area contributed by atoms with Crippen LogP contribution in [0.3, 0.4) is 0 Å². The molecule has 1 aromatic carbocycles. The number of epoxide rings is 1. The molecule has 1 heterocycles. The van der Waals surface area contributed by atoms with Crippen molar-refractivity contribution >= 4 is 0 Å². The fourth-order valence-electron chi connectivity index (χ4n) is 1.63. The summed E-state index contributed by atoms with van der Waals surface area (Å²) in [5.74, 6) is 0. The fraction of sp³-hybridized carbons (Fsp3) is 0.571. The van der Waals surface area contributed by atoms with Gasteiger partial charge in [0.15, 0.2) is 0 Å². The first-order valence-corrected chi connectivity index (χ1v) is 6.21. The minimum Gasteiger partial charge on any atom is -0.377 e. The molecular formula is C14H20O3. The summed E-state index contributed by atoms with van der Waals surface area (Å²) in [6.07, 6.45) is 1.49. The summed E-state index contributed by atoms with van der Waals surface area (Å²) < 4.78 is 16.3. The summed E-state index contributed by atoms with van der Waals surface area (Å²) in [5.41, 5.74) is 1.22. The molecule has 0 bridgehead atoms. The number of rotatable bonds is 8. The zero-order valence-corrected chi connectivity index (χ0v) is 10.3. The third-order valence-corrected chi connectivity index (χ3v) is 2.81. The molecule has 0 saturated carbocycles. The van der Waals surface area contributed by atoms with Crippen LogP contribution in [0, 0.1) is 0 Å². The lowest BCUT2D eigenvalue weighted by Crippen LogP contribution is -2.16. The maximum absolute atomic E-state index is 5.61. The SMILES string of the molecule is C[C@H](OCCCOCc1ccccc1)[C@@H]1CO1. The molecule has 0 unspecified atom stereocenters. The highest BCUT2D eigenvalue weighted by atomic mass is 16.6. The van der Waals surface area contributed by atoms with E-state index >= 15 is 0 Å². The molecule has 0 spiro atoms. The Labute approximate surface area is 103 Å². The van der Waals surface area contributed by atoms with Gasteiger partial charge in [-0.1, -0.05) is 30.3 Å². The zero-order valence-electron chi connectivity index (χ0n) is 10.3. The van der Waals surface area contributed by atoms with Crippen LogP contribution in [0.4, 0.5) is 0 Å². The van der Waals surface area contributed by atoms with Crippen LogP contribution in [0.15, 0.2) is 30.3 Å². The molecule has 3 heteroatoms. The Bertz CT molecular complexity index is 309. The first-order valence-electron chi connectivity index (χ1n) is 6.21.